The molecule has 0 saturated carbocycles. The first-order valence-electron chi connectivity index (χ1n) is 24.0. The van der Waals surface area contributed by atoms with E-state index in [-0.39, 0.29) is 44.4 Å². The summed E-state index contributed by atoms with van der Waals surface area (Å²) in [6.45, 7) is 2.33. The number of carbonyl (C=O) groups is 11. The number of rotatable bonds is 32. The zero-order valence-electron chi connectivity index (χ0n) is 42.0. The second kappa shape index (κ2) is 31.2. The largest absolute Gasteiger partial charge is 0.508 e. The molecule has 0 aliphatic heterocycles. The van der Waals surface area contributed by atoms with Gasteiger partial charge in [0.2, 0.25) is 47.3 Å². The number of hydrogen-bond donors (Lipinski definition) is 16. The summed E-state index contributed by atoms with van der Waals surface area (Å²) in [7, 11) is 0. The molecular weight excluding hydrogens is 999 g/mol. The minimum atomic E-state index is -1.74. The third-order valence-electron chi connectivity index (χ3n) is 11.4. The second-order valence-electron chi connectivity index (χ2n) is 17.9. The van der Waals surface area contributed by atoms with Crippen molar-refractivity contribution in [3.05, 3.63) is 83.9 Å². The highest BCUT2D eigenvalue weighted by Crippen LogP contribution is 2.13. The Morgan fingerprint density at radius 1 is 0.618 bits per heavy atom. The lowest BCUT2D eigenvalue weighted by molar-refractivity contribution is -0.142. The Bertz CT molecular complexity index is 2460. The highest BCUT2D eigenvalue weighted by Gasteiger charge is 2.34. The molecule has 18 N–H and O–H groups in total. The first-order valence-corrected chi connectivity index (χ1v) is 24.0. The molecule has 0 aliphatic carbocycles. The van der Waals surface area contributed by atoms with Crippen molar-refractivity contribution in [2.24, 2.45) is 17.4 Å². The van der Waals surface area contributed by atoms with Gasteiger partial charge in [-0.15, -0.1) is 0 Å². The summed E-state index contributed by atoms with van der Waals surface area (Å²) >= 11 is 0. The number of H-pyrrole nitrogens is 1. The predicted molar refractivity (Wildman–Crippen MR) is 268 cm³/mol. The molecule has 10 amide bonds. The summed E-state index contributed by atoms with van der Waals surface area (Å²) in [5, 5.41) is 59.5. The molecule has 414 valence electrons. The summed E-state index contributed by atoms with van der Waals surface area (Å²) < 4.78 is 0. The molecule has 1 aromatic heterocycles. The fourth-order valence-corrected chi connectivity index (χ4v) is 7.16. The number of urea groups is 1. The Kier molecular flexibility index (Phi) is 25.3. The molecule has 28 heteroatoms. The standard InChI is InChI=1S/C48H67N13O15/c1-25(2)39(46(73)53-22-37(64)56-36(23-62)45(72)58-33(15-16-38(65)66)41(68)55-26(3)47(74)75)61-42(69)32(10-7-17-52-48(50)76)57-43(70)34(19-27-8-5-4-6-9-27)60-44(71)35(20-29-21-51-24-54-29)59-40(67)31(49)18-28-11-13-30(63)14-12-28/h4-6,8-9,11-14,21,24-26,31-36,39,62-63H,7,10,15-20,22-23,49H2,1-3H3,(H,51,54)(H,53,73)(H,55,68)(H,56,64)(H,57,70)(H,58,72)(H,59,67)(H,60,71)(H,61,69)(H,65,66)(H,74,75)(H3,50,52,76)/t26-,31-,32-,33-,34-,35-,36-,39-/m0/s1. The number of carboxylic acids is 2. The number of aliphatic carboxylic acids is 2. The number of benzene rings is 2. The van der Waals surface area contributed by atoms with E-state index in [4.69, 9.17) is 21.7 Å². The van der Waals surface area contributed by atoms with Gasteiger partial charge in [-0.25, -0.2) is 9.78 Å². The summed E-state index contributed by atoms with van der Waals surface area (Å²) in [6, 6.07) is 2.25. The van der Waals surface area contributed by atoms with Crippen molar-refractivity contribution < 1.29 is 73.2 Å². The fraction of sp³-hybridized carbons (Fsp3) is 0.458. The lowest BCUT2D eigenvalue weighted by Crippen LogP contribution is -2.60. The summed E-state index contributed by atoms with van der Waals surface area (Å²) in [5.74, 6) is -10.9. The minimum Gasteiger partial charge on any atom is -0.508 e. The maximum absolute atomic E-state index is 14.4. The van der Waals surface area contributed by atoms with Crippen molar-refractivity contribution in [1.82, 2.24) is 57.8 Å². The monoisotopic (exact) mass is 1070 g/mol. The molecule has 3 aromatic rings. The van der Waals surface area contributed by atoms with Crippen LogP contribution in [0.1, 0.15) is 63.3 Å². The summed E-state index contributed by atoms with van der Waals surface area (Å²) in [6.07, 6.45) is 1.41. The number of aromatic amines is 1. The van der Waals surface area contributed by atoms with E-state index >= 15 is 0 Å². The number of aliphatic hydroxyl groups excluding tert-OH is 1. The lowest BCUT2D eigenvalue weighted by Gasteiger charge is -2.28. The number of amides is 10. The van der Waals surface area contributed by atoms with E-state index in [1.165, 1.54) is 24.7 Å². The topological polar surface area (TPSA) is 458 Å². The molecule has 0 bridgehead atoms. The number of phenols is 1. The van der Waals surface area contributed by atoms with Gasteiger partial charge in [-0.3, -0.25) is 47.9 Å². The van der Waals surface area contributed by atoms with Crippen LogP contribution >= 0.6 is 0 Å². The maximum Gasteiger partial charge on any atom is 0.325 e. The van der Waals surface area contributed by atoms with E-state index in [1.807, 2.05) is 0 Å². The van der Waals surface area contributed by atoms with Gasteiger partial charge in [-0.2, -0.15) is 0 Å². The Morgan fingerprint density at radius 2 is 1.17 bits per heavy atom. The average molecular weight is 1070 g/mol. The van der Waals surface area contributed by atoms with Gasteiger partial charge in [0, 0.05) is 37.7 Å². The van der Waals surface area contributed by atoms with E-state index in [2.05, 4.69) is 57.8 Å². The van der Waals surface area contributed by atoms with E-state index in [0.717, 1.165) is 6.92 Å². The van der Waals surface area contributed by atoms with Gasteiger partial charge in [-0.1, -0.05) is 56.3 Å². The highest BCUT2D eigenvalue weighted by molar-refractivity contribution is 5.97. The van der Waals surface area contributed by atoms with Crippen LogP contribution in [0.5, 0.6) is 5.75 Å². The number of carboxylic acid groups (broad SMARTS) is 2. The van der Waals surface area contributed by atoms with E-state index < -0.39 is 145 Å². The normalized spacial score (nSPS) is 14.1. The number of aromatic hydroxyl groups is 1. The van der Waals surface area contributed by atoms with Crippen molar-refractivity contribution in [2.45, 2.75) is 114 Å². The van der Waals surface area contributed by atoms with Crippen LogP contribution in [0.3, 0.4) is 0 Å². The number of primary amides is 1. The Hall–Kier alpha value is -8.66. The van der Waals surface area contributed by atoms with Gasteiger partial charge in [0.1, 0.15) is 48.0 Å². The number of nitrogens with two attached hydrogens (primary N) is 2. The van der Waals surface area contributed by atoms with E-state index in [0.29, 0.717) is 16.8 Å². The number of nitrogens with one attached hydrogen (secondary N) is 10. The fourth-order valence-electron chi connectivity index (χ4n) is 7.16. The quantitative estimate of drug-likeness (QED) is 0.0265. The molecule has 76 heavy (non-hydrogen) atoms. The van der Waals surface area contributed by atoms with Crippen LogP contribution in [0.4, 0.5) is 4.79 Å². The molecule has 0 saturated heterocycles. The predicted octanol–water partition coefficient (Wildman–Crippen LogP) is -3.95. The second-order valence-corrected chi connectivity index (χ2v) is 17.9. The van der Waals surface area contributed by atoms with Crippen molar-refractivity contribution in [1.29, 1.82) is 0 Å². The molecule has 28 nitrogen and oxygen atoms in total. The molecule has 0 spiro atoms. The van der Waals surface area contributed by atoms with Crippen molar-refractivity contribution in [3.8, 4) is 5.75 Å². The number of phenolic OH excluding ortho intramolecular Hbond substituents is 1. The van der Waals surface area contributed by atoms with Crippen LogP contribution in [0.15, 0.2) is 67.1 Å². The third-order valence-corrected chi connectivity index (χ3v) is 11.4. The first kappa shape index (κ1) is 61.6. The molecule has 0 radical (unpaired) electrons. The van der Waals surface area contributed by atoms with Crippen LogP contribution in [-0.4, -0.2) is 164 Å². The lowest BCUT2D eigenvalue weighted by atomic mass is 10.0. The van der Waals surface area contributed by atoms with Gasteiger partial charge in [0.25, 0.3) is 0 Å². The zero-order valence-corrected chi connectivity index (χ0v) is 42.0. The summed E-state index contributed by atoms with van der Waals surface area (Å²) in [4.78, 5) is 149. The number of imidazole rings is 1. The number of hydrogen-bond acceptors (Lipinski definition) is 15. The van der Waals surface area contributed by atoms with Crippen molar-refractivity contribution in [3.63, 3.8) is 0 Å². The molecule has 0 unspecified atom stereocenters. The average Bonchev–Trinajstić information content (AvgIpc) is 3.89. The Balaban J connectivity index is 1.80. The van der Waals surface area contributed by atoms with Crippen LogP contribution in [0.2, 0.25) is 0 Å². The molecule has 1 heterocycles. The molecular formula is C48H67N13O15. The van der Waals surface area contributed by atoms with Crippen LogP contribution in [0, 0.1) is 5.92 Å². The zero-order chi connectivity index (χ0) is 56.5. The number of aliphatic hydroxyl groups is 1. The number of nitrogens with zero attached hydrogens (tertiary/aromatic N) is 1. The number of carbonyl (C=O) groups excluding carboxylic acids is 9. The smallest absolute Gasteiger partial charge is 0.325 e. The molecule has 8 atom stereocenters. The first-order chi connectivity index (χ1) is 36.0. The van der Waals surface area contributed by atoms with Gasteiger partial charge in [-0.05, 0) is 61.8 Å². The van der Waals surface area contributed by atoms with Gasteiger partial charge in [0.05, 0.1) is 25.5 Å². The van der Waals surface area contributed by atoms with Crippen LogP contribution in [-0.2, 0) is 67.2 Å². The van der Waals surface area contributed by atoms with Crippen molar-refractivity contribution >= 4 is 65.2 Å². The van der Waals surface area contributed by atoms with Crippen molar-refractivity contribution in [2.75, 3.05) is 19.7 Å². The van der Waals surface area contributed by atoms with Crippen LogP contribution in [0.25, 0.3) is 0 Å². The summed E-state index contributed by atoms with van der Waals surface area (Å²) in [5.41, 5.74) is 13.1. The van der Waals surface area contributed by atoms with E-state index in [1.54, 1.807) is 56.3 Å². The molecule has 3 rings (SSSR count). The van der Waals surface area contributed by atoms with Crippen LogP contribution < -0.4 is 59.3 Å². The van der Waals surface area contributed by atoms with Gasteiger partial charge in [0.15, 0.2) is 0 Å². The van der Waals surface area contributed by atoms with E-state index in [9.17, 15) is 63.0 Å². The highest BCUT2D eigenvalue weighted by atomic mass is 16.4. The molecule has 0 aliphatic rings. The SMILES string of the molecule is CC(C)[C@H](NC(=O)[C@H](CCCNC(N)=O)NC(=O)[C@H](Cc1ccccc1)NC(=O)[C@H](Cc1cnc[nH]1)NC(=O)[C@@H](N)Cc1ccc(O)cc1)C(=O)NCC(=O)N[C@@H](CO)C(=O)N[C@@H](CCC(=O)O)C(=O)N[C@@H](C)C(=O)O. The Morgan fingerprint density at radius 3 is 1.74 bits per heavy atom. The molecule has 0 fully saturated rings. The number of aromatic nitrogens is 2. The maximum atomic E-state index is 14.4. The molecule has 2 aromatic carbocycles. The Labute approximate surface area is 436 Å². The third kappa shape index (κ3) is 21.8. The van der Waals surface area contributed by atoms with Gasteiger partial charge >= 0.3 is 18.0 Å². The van der Waals surface area contributed by atoms with Gasteiger partial charge < -0.3 is 84.7 Å². The minimum absolute atomic E-state index is 0.0117.